The van der Waals surface area contributed by atoms with Crippen molar-refractivity contribution in [2.75, 3.05) is 29.0 Å². The molecule has 0 unspecified atom stereocenters. The van der Waals surface area contributed by atoms with E-state index in [0.717, 1.165) is 5.69 Å². The summed E-state index contributed by atoms with van der Waals surface area (Å²) in [7, 11) is 0. The maximum absolute atomic E-state index is 12.2. The van der Waals surface area contributed by atoms with Crippen LogP contribution in [0.3, 0.4) is 0 Å². The second-order valence-electron chi connectivity index (χ2n) is 4.95. The molecule has 0 aliphatic rings. The van der Waals surface area contributed by atoms with Crippen LogP contribution < -0.4 is 21.7 Å². The van der Waals surface area contributed by atoms with Gasteiger partial charge in [-0.1, -0.05) is 29.3 Å². The standard InChI is InChI=1S/C16H18Cl2N4O2/c17-10-6-11(20-5-4-19)8-12(7-10)21-16(24)22-15-3-1-2-14(18)13(15)9-23/h1-3,6-8,20,23H,4-5,9,19H2,(H2,21,22,24). The Balaban J connectivity index is 2.10. The number of aliphatic hydroxyl groups excluding tert-OH is 1. The number of rotatable bonds is 6. The molecule has 24 heavy (non-hydrogen) atoms. The van der Waals surface area contributed by atoms with E-state index in [-0.39, 0.29) is 6.61 Å². The van der Waals surface area contributed by atoms with E-state index >= 15 is 0 Å². The summed E-state index contributed by atoms with van der Waals surface area (Å²) in [4.78, 5) is 12.2. The molecule has 0 bridgehead atoms. The van der Waals surface area contributed by atoms with Gasteiger partial charge < -0.3 is 26.8 Å². The lowest BCUT2D eigenvalue weighted by Gasteiger charge is -2.13. The molecule has 0 saturated heterocycles. The summed E-state index contributed by atoms with van der Waals surface area (Å²) >= 11 is 12.0. The van der Waals surface area contributed by atoms with E-state index < -0.39 is 6.03 Å². The SMILES string of the molecule is NCCNc1cc(Cl)cc(NC(=O)Nc2cccc(Cl)c2CO)c1. The molecule has 6 nitrogen and oxygen atoms in total. The van der Waals surface area contributed by atoms with E-state index in [9.17, 15) is 9.90 Å². The highest BCUT2D eigenvalue weighted by molar-refractivity contribution is 6.32. The molecule has 0 aliphatic carbocycles. The normalized spacial score (nSPS) is 10.3. The highest BCUT2D eigenvalue weighted by Gasteiger charge is 2.10. The number of hydrogen-bond acceptors (Lipinski definition) is 4. The van der Waals surface area contributed by atoms with E-state index in [4.69, 9.17) is 28.9 Å². The van der Waals surface area contributed by atoms with E-state index in [0.29, 0.717) is 40.1 Å². The van der Waals surface area contributed by atoms with Gasteiger partial charge in [-0.3, -0.25) is 0 Å². The Morgan fingerprint density at radius 1 is 1.12 bits per heavy atom. The lowest BCUT2D eigenvalue weighted by Crippen LogP contribution is -2.20. The summed E-state index contributed by atoms with van der Waals surface area (Å²) < 4.78 is 0. The highest BCUT2D eigenvalue weighted by Crippen LogP contribution is 2.25. The van der Waals surface area contributed by atoms with Crippen molar-refractivity contribution in [1.82, 2.24) is 0 Å². The minimum atomic E-state index is -0.473. The zero-order valence-electron chi connectivity index (χ0n) is 12.8. The van der Waals surface area contributed by atoms with Crippen molar-refractivity contribution >= 4 is 46.3 Å². The molecule has 0 aromatic heterocycles. The highest BCUT2D eigenvalue weighted by atomic mass is 35.5. The molecule has 8 heteroatoms. The fourth-order valence-corrected chi connectivity index (χ4v) is 2.57. The van der Waals surface area contributed by atoms with Gasteiger partial charge in [0.2, 0.25) is 0 Å². The summed E-state index contributed by atoms with van der Waals surface area (Å²) in [6.45, 7) is 0.794. The first-order chi connectivity index (χ1) is 11.5. The Morgan fingerprint density at radius 3 is 2.58 bits per heavy atom. The van der Waals surface area contributed by atoms with Crippen molar-refractivity contribution < 1.29 is 9.90 Å². The fraction of sp³-hybridized carbons (Fsp3) is 0.188. The summed E-state index contributed by atoms with van der Waals surface area (Å²) in [5.74, 6) is 0. The number of nitrogens with one attached hydrogen (secondary N) is 3. The first-order valence-electron chi connectivity index (χ1n) is 7.24. The Morgan fingerprint density at radius 2 is 1.88 bits per heavy atom. The van der Waals surface area contributed by atoms with Crippen LogP contribution >= 0.6 is 23.2 Å². The van der Waals surface area contributed by atoms with Gasteiger partial charge in [-0.2, -0.15) is 0 Å². The van der Waals surface area contributed by atoms with Gasteiger partial charge in [0.05, 0.1) is 6.61 Å². The van der Waals surface area contributed by atoms with Gasteiger partial charge in [-0.15, -0.1) is 0 Å². The summed E-state index contributed by atoms with van der Waals surface area (Å²) in [6.07, 6.45) is 0. The Labute approximate surface area is 150 Å². The van der Waals surface area contributed by atoms with Gasteiger partial charge in [0.25, 0.3) is 0 Å². The number of carbonyl (C=O) groups excluding carboxylic acids is 1. The third-order valence-electron chi connectivity index (χ3n) is 3.15. The second kappa shape index (κ2) is 8.75. The van der Waals surface area contributed by atoms with Crippen LogP contribution in [0, 0.1) is 0 Å². The van der Waals surface area contributed by atoms with Crippen molar-refractivity contribution in [2.45, 2.75) is 6.61 Å². The van der Waals surface area contributed by atoms with Gasteiger partial charge in [0, 0.05) is 45.8 Å². The van der Waals surface area contributed by atoms with Gasteiger partial charge >= 0.3 is 6.03 Å². The van der Waals surface area contributed by atoms with Crippen molar-refractivity contribution in [2.24, 2.45) is 5.73 Å². The molecule has 0 heterocycles. The topological polar surface area (TPSA) is 99.4 Å². The number of nitrogens with two attached hydrogens (primary N) is 1. The van der Waals surface area contributed by atoms with Crippen LogP contribution in [0.15, 0.2) is 36.4 Å². The predicted octanol–water partition coefficient (Wildman–Crippen LogP) is 3.50. The first kappa shape index (κ1) is 18.4. The summed E-state index contributed by atoms with van der Waals surface area (Å²) in [6, 6.07) is 9.61. The lowest BCUT2D eigenvalue weighted by atomic mass is 10.2. The quantitative estimate of drug-likeness (QED) is 0.538. The monoisotopic (exact) mass is 368 g/mol. The largest absolute Gasteiger partial charge is 0.392 e. The molecule has 2 aromatic rings. The van der Waals surface area contributed by atoms with Crippen molar-refractivity contribution in [1.29, 1.82) is 0 Å². The minimum absolute atomic E-state index is 0.278. The number of aliphatic hydroxyl groups is 1. The van der Waals surface area contributed by atoms with E-state index in [1.165, 1.54) is 0 Å². The molecular formula is C16H18Cl2N4O2. The number of urea groups is 1. The van der Waals surface area contributed by atoms with E-state index in [1.807, 2.05) is 0 Å². The van der Waals surface area contributed by atoms with Gasteiger partial charge in [0.1, 0.15) is 0 Å². The van der Waals surface area contributed by atoms with Crippen molar-refractivity contribution in [3.63, 3.8) is 0 Å². The second-order valence-corrected chi connectivity index (χ2v) is 5.79. The average Bonchev–Trinajstić information content (AvgIpc) is 2.52. The first-order valence-corrected chi connectivity index (χ1v) is 8.00. The molecule has 0 saturated carbocycles. The third-order valence-corrected chi connectivity index (χ3v) is 3.73. The number of carbonyl (C=O) groups is 1. The van der Waals surface area contributed by atoms with Crippen LogP contribution in [0.5, 0.6) is 0 Å². The van der Waals surface area contributed by atoms with Crippen LogP contribution in [-0.2, 0) is 6.61 Å². The molecule has 2 rings (SSSR count). The predicted molar refractivity (Wildman–Crippen MR) is 99.0 cm³/mol. The number of benzene rings is 2. The van der Waals surface area contributed by atoms with Crippen LogP contribution in [0.2, 0.25) is 10.0 Å². The molecule has 2 aromatic carbocycles. The number of halogens is 2. The molecule has 128 valence electrons. The van der Waals surface area contributed by atoms with Crippen molar-refractivity contribution in [3.05, 3.63) is 52.0 Å². The summed E-state index contributed by atoms with van der Waals surface area (Å²) in [5, 5.41) is 18.7. The fourth-order valence-electron chi connectivity index (χ4n) is 2.10. The number of amides is 2. The number of hydrogen-bond donors (Lipinski definition) is 5. The van der Waals surface area contributed by atoms with Crippen LogP contribution in [0.1, 0.15) is 5.56 Å². The smallest absolute Gasteiger partial charge is 0.323 e. The number of anilines is 3. The maximum atomic E-state index is 12.2. The Bertz CT molecular complexity index is 725. The van der Waals surface area contributed by atoms with Crippen LogP contribution in [0.4, 0.5) is 21.9 Å². The van der Waals surface area contributed by atoms with Gasteiger partial charge in [0.15, 0.2) is 0 Å². The molecule has 0 atom stereocenters. The maximum Gasteiger partial charge on any atom is 0.323 e. The zero-order valence-corrected chi connectivity index (χ0v) is 14.3. The van der Waals surface area contributed by atoms with Crippen molar-refractivity contribution in [3.8, 4) is 0 Å². The lowest BCUT2D eigenvalue weighted by molar-refractivity contribution is 0.262. The molecule has 0 fully saturated rings. The molecule has 0 radical (unpaired) electrons. The molecule has 0 spiro atoms. The average molecular weight is 369 g/mol. The minimum Gasteiger partial charge on any atom is -0.392 e. The van der Waals surface area contributed by atoms with E-state index in [1.54, 1.807) is 36.4 Å². The molecule has 2 amide bonds. The Kier molecular flexibility index (Phi) is 6.69. The van der Waals surface area contributed by atoms with Gasteiger partial charge in [-0.25, -0.2) is 4.79 Å². The summed E-state index contributed by atoms with van der Waals surface area (Å²) in [5.41, 5.74) is 7.61. The van der Waals surface area contributed by atoms with E-state index in [2.05, 4.69) is 16.0 Å². The van der Waals surface area contributed by atoms with Crippen LogP contribution in [-0.4, -0.2) is 24.2 Å². The molecule has 6 N–H and O–H groups in total. The zero-order chi connectivity index (χ0) is 17.5. The molecule has 0 aliphatic heterocycles. The Hall–Kier alpha value is -1.99. The third kappa shape index (κ3) is 5.01. The van der Waals surface area contributed by atoms with Gasteiger partial charge in [-0.05, 0) is 30.3 Å². The molecular weight excluding hydrogens is 351 g/mol. The van der Waals surface area contributed by atoms with Crippen LogP contribution in [0.25, 0.3) is 0 Å².